The van der Waals surface area contributed by atoms with E-state index in [0.29, 0.717) is 26.1 Å². The zero-order valence-corrected chi connectivity index (χ0v) is 12.8. The summed E-state index contributed by atoms with van der Waals surface area (Å²) >= 11 is 0. The van der Waals surface area contributed by atoms with Gasteiger partial charge in [-0.1, -0.05) is 6.92 Å². The van der Waals surface area contributed by atoms with Crippen LogP contribution in [0.2, 0.25) is 0 Å². The fourth-order valence-corrected chi connectivity index (χ4v) is 3.05. The lowest BCUT2D eigenvalue weighted by molar-refractivity contribution is 0.270. The minimum atomic E-state index is -3.38. The van der Waals surface area contributed by atoms with Gasteiger partial charge < -0.3 is 10.0 Å². The maximum absolute atomic E-state index is 12.2. The molecule has 0 heterocycles. The van der Waals surface area contributed by atoms with E-state index in [9.17, 15) is 8.42 Å². The van der Waals surface area contributed by atoms with Gasteiger partial charge in [0.1, 0.15) is 0 Å². The van der Waals surface area contributed by atoms with Crippen LogP contribution in [-0.4, -0.2) is 81.0 Å². The Labute approximate surface area is 111 Å². The summed E-state index contributed by atoms with van der Waals surface area (Å²) in [5, 5.41) is 8.74. The lowest BCUT2D eigenvalue weighted by Crippen LogP contribution is -2.43. The first-order valence-corrected chi connectivity index (χ1v) is 7.73. The van der Waals surface area contributed by atoms with Crippen LogP contribution >= 0.6 is 0 Å². The number of hydrogen-bond donors (Lipinski definition) is 1. The standard InChI is InChI=1S/C11H27N3O3S/c1-5-14(10-6-8-12(2)3)18(16,17)13(4)9-7-11-15/h15H,5-11H2,1-4H3. The van der Waals surface area contributed by atoms with Crippen molar-refractivity contribution in [1.82, 2.24) is 13.5 Å². The van der Waals surface area contributed by atoms with Crippen molar-refractivity contribution in [3.8, 4) is 0 Å². The van der Waals surface area contributed by atoms with E-state index in [2.05, 4.69) is 0 Å². The molecule has 0 saturated heterocycles. The Kier molecular flexibility index (Phi) is 8.71. The predicted molar refractivity (Wildman–Crippen MR) is 73.7 cm³/mol. The molecule has 0 saturated carbocycles. The maximum atomic E-state index is 12.2. The molecule has 18 heavy (non-hydrogen) atoms. The number of nitrogens with zero attached hydrogens (tertiary/aromatic N) is 3. The van der Waals surface area contributed by atoms with Crippen LogP contribution in [-0.2, 0) is 10.2 Å². The Hall–Kier alpha value is -0.210. The van der Waals surface area contributed by atoms with Gasteiger partial charge in [-0.15, -0.1) is 0 Å². The van der Waals surface area contributed by atoms with E-state index in [-0.39, 0.29) is 6.61 Å². The van der Waals surface area contributed by atoms with Crippen LogP contribution in [0, 0.1) is 0 Å². The second kappa shape index (κ2) is 8.82. The van der Waals surface area contributed by atoms with Crippen LogP contribution in [0.4, 0.5) is 0 Å². The molecule has 7 heteroatoms. The quantitative estimate of drug-likeness (QED) is 0.603. The summed E-state index contributed by atoms with van der Waals surface area (Å²) in [5.74, 6) is 0. The minimum absolute atomic E-state index is 0.00656. The summed E-state index contributed by atoms with van der Waals surface area (Å²) < 4.78 is 27.2. The van der Waals surface area contributed by atoms with Crippen molar-refractivity contribution in [2.24, 2.45) is 0 Å². The van der Waals surface area contributed by atoms with Gasteiger partial charge in [-0.3, -0.25) is 0 Å². The predicted octanol–water partition coefficient (Wildman–Crippen LogP) is -0.181. The zero-order valence-electron chi connectivity index (χ0n) is 12.0. The molecule has 0 aliphatic carbocycles. The minimum Gasteiger partial charge on any atom is -0.396 e. The molecule has 0 unspecified atom stereocenters. The summed E-state index contributed by atoms with van der Waals surface area (Å²) in [4.78, 5) is 2.04. The van der Waals surface area contributed by atoms with E-state index in [1.165, 1.54) is 8.61 Å². The summed E-state index contributed by atoms with van der Waals surface area (Å²) in [6.45, 7) is 4.06. The normalized spacial score (nSPS) is 12.9. The summed E-state index contributed by atoms with van der Waals surface area (Å²) in [7, 11) is 2.11. The van der Waals surface area contributed by atoms with Crippen LogP contribution in [0.3, 0.4) is 0 Å². The molecule has 0 aromatic carbocycles. The van der Waals surface area contributed by atoms with Gasteiger partial charge in [-0.25, -0.2) is 0 Å². The Morgan fingerprint density at radius 2 is 1.61 bits per heavy atom. The van der Waals surface area contributed by atoms with Crippen molar-refractivity contribution in [2.75, 3.05) is 53.9 Å². The Balaban J connectivity index is 4.41. The van der Waals surface area contributed by atoms with Gasteiger partial charge >= 0.3 is 0 Å². The largest absolute Gasteiger partial charge is 0.396 e. The molecule has 0 atom stereocenters. The second-order valence-electron chi connectivity index (χ2n) is 4.55. The molecule has 1 N–H and O–H groups in total. The molecular formula is C11H27N3O3S. The fourth-order valence-electron chi connectivity index (χ4n) is 1.61. The van der Waals surface area contributed by atoms with Crippen molar-refractivity contribution >= 4 is 10.2 Å². The lowest BCUT2D eigenvalue weighted by atomic mass is 10.4. The first-order chi connectivity index (χ1) is 8.36. The van der Waals surface area contributed by atoms with Gasteiger partial charge in [0.15, 0.2) is 0 Å². The van der Waals surface area contributed by atoms with Crippen molar-refractivity contribution in [3.63, 3.8) is 0 Å². The van der Waals surface area contributed by atoms with E-state index in [1.54, 1.807) is 7.05 Å². The van der Waals surface area contributed by atoms with Gasteiger partial charge in [0.2, 0.25) is 0 Å². The average Bonchev–Trinajstić information content (AvgIpc) is 2.30. The molecule has 0 fully saturated rings. The highest BCUT2D eigenvalue weighted by molar-refractivity contribution is 7.86. The molecule has 110 valence electrons. The molecule has 0 aromatic rings. The Bertz CT molecular complexity index is 307. The first kappa shape index (κ1) is 17.8. The van der Waals surface area contributed by atoms with Crippen LogP contribution in [0.25, 0.3) is 0 Å². The summed E-state index contributed by atoms with van der Waals surface area (Å²) in [6, 6.07) is 0. The van der Waals surface area contributed by atoms with Gasteiger partial charge in [-0.2, -0.15) is 17.0 Å². The molecule has 0 rings (SSSR count). The highest BCUT2D eigenvalue weighted by Crippen LogP contribution is 2.07. The van der Waals surface area contributed by atoms with Crippen molar-refractivity contribution in [3.05, 3.63) is 0 Å². The molecule has 0 aromatic heterocycles. The van der Waals surface area contributed by atoms with Crippen molar-refractivity contribution in [1.29, 1.82) is 0 Å². The fraction of sp³-hybridized carbons (Fsp3) is 1.00. The van der Waals surface area contributed by atoms with E-state index in [1.807, 2.05) is 25.9 Å². The van der Waals surface area contributed by atoms with Crippen LogP contribution in [0.15, 0.2) is 0 Å². The molecule has 0 spiro atoms. The van der Waals surface area contributed by atoms with Crippen LogP contribution in [0.1, 0.15) is 19.8 Å². The van der Waals surface area contributed by atoms with E-state index < -0.39 is 10.2 Å². The SMILES string of the molecule is CCN(CCCN(C)C)S(=O)(=O)N(C)CCCO. The Morgan fingerprint density at radius 1 is 1.00 bits per heavy atom. The van der Waals surface area contributed by atoms with Gasteiger partial charge in [0, 0.05) is 33.3 Å². The number of aliphatic hydroxyl groups excluding tert-OH is 1. The number of aliphatic hydroxyl groups is 1. The van der Waals surface area contributed by atoms with Crippen LogP contribution < -0.4 is 0 Å². The number of hydrogen-bond acceptors (Lipinski definition) is 4. The number of rotatable bonds is 10. The molecule has 6 nitrogen and oxygen atoms in total. The highest BCUT2D eigenvalue weighted by Gasteiger charge is 2.24. The first-order valence-electron chi connectivity index (χ1n) is 6.33. The highest BCUT2D eigenvalue weighted by atomic mass is 32.2. The topological polar surface area (TPSA) is 64.1 Å². The third-order valence-electron chi connectivity index (χ3n) is 2.72. The van der Waals surface area contributed by atoms with E-state index in [4.69, 9.17) is 5.11 Å². The molecule has 0 amide bonds. The molecular weight excluding hydrogens is 254 g/mol. The van der Waals surface area contributed by atoms with Crippen molar-refractivity contribution in [2.45, 2.75) is 19.8 Å². The third-order valence-corrected chi connectivity index (χ3v) is 4.78. The van der Waals surface area contributed by atoms with Crippen LogP contribution in [0.5, 0.6) is 0 Å². The monoisotopic (exact) mass is 281 g/mol. The van der Waals surface area contributed by atoms with Gasteiger partial charge in [0.25, 0.3) is 10.2 Å². The van der Waals surface area contributed by atoms with E-state index in [0.717, 1.165) is 13.0 Å². The smallest absolute Gasteiger partial charge is 0.281 e. The van der Waals surface area contributed by atoms with Crippen molar-refractivity contribution < 1.29 is 13.5 Å². The Morgan fingerprint density at radius 3 is 2.06 bits per heavy atom. The summed E-state index contributed by atoms with van der Waals surface area (Å²) in [6.07, 6.45) is 1.28. The molecule has 0 radical (unpaired) electrons. The van der Waals surface area contributed by atoms with Gasteiger partial charge in [0.05, 0.1) is 0 Å². The second-order valence-corrected chi connectivity index (χ2v) is 6.59. The molecule has 0 aliphatic rings. The maximum Gasteiger partial charge on any atom is 0.281 e. The van der Waals surface area contributed by atoms with E-state index >= 15 is 0 Å². The third kappa shape index (κ3) is 6.10. The average molecular weight is 281 g/mol. The van der Waals surface area contributed by atoms with Gasteiger partial charge in [-0.05, 0) is 33.5 Å². The lowest BCUT2D eigenvalue weighted by Gasteiger charge is -2.26. The zero-order chi connectivity index (χ0) is 14.2. The molecule has 0 bridgehead atoms. The molecule has 0 aliphatic heterocycles. The summed E-state index contributed by atoms with van der Waals surface area (Å²) in [5.41, 5.74) is 0.